The van der Waals surface area contributed by atoms with E-state index in [2.05, 4.69) is 10.3 Å². The lowest BCUT2D eigenvalue weighted by molar-refractivity contribution is 0.148. The second kappa shape index (κ2) is 5.06. The molecular formula is C12H15N3O. The van der Waals surface area contributed by atoms with Crippen LogP contribution in [-0.2, 0) is 6.54 Å². The van der Waals surface area contributed by atoms with Crippen molar-refractivity contribution < 1.29 is 5.11 Å². The molecule has 1 aromatic heterocycles. The SMILES string of the molecule is N#Cc1ccc(CN[C@@H]2CCC[C@H]2O)nc1. The smallest absolute Gasteiger partial charge is 0.101 e. The van der Waals surface area contributed by atoms with Crippen LogP contribution in [0.25, 0.3) is 0 Å². The number of aliphatic hydroxyl groups is 1. The standard InChI is InChI=1S/C12H15N3O/c13-6-9-4-5-10(14-7-9)8-15-11-2-1-3-12(11)16/h4-5,7,11-12,15-16H,1-3,8H2/t11-,12-/m1/s1. The van der Waals surface area contributed by atoms with Crippen LogP contribution in [0.3, 0.4) is 0 Å². The highest BCUT2D eigenvalue weighted by Gasteiger charge is 2.24. The molecule has 1 saturated carbocycles. The minimum absolute atomic E-state index is 0.192. The van der Waals surface area contributed by atoms with Crippen molar-refractivity contribution >= 4 is 0 Å². The van der Waals surface area contributed by atoms with Crippen molar-refractivity contribution in [2.75, 3.05) is 0 Å². The molecule has 0 aliphatic heterocycles. The van der Waals surface area contributed by atoms with Gasteiger partial charge in [-0.25, -0.2) is 0 Å². The molecule has 0 amide bonds. The van der Waals surface area contributed by atoms with Gasteiger partial charge in [-0.1, -0.05) is 0 Å². The Kier molecular flexibility index (Phi) is 3.50. The van der Waals surface area contributed by atoms with Crippen LogP contribution in [0.15, 0.2) is 18.3 Å². The molecule has 1 fully saturated rings. The van der Waals surface area contributed by atoms with E-state index in [1.165, 1.54) is 0 Å². The van der Waals surface area contributed by atoms with E-state index < -0.39 is 0 Å². The molecule has 0 spiro atoms. The molecule has 1 heterocycles. The van der Waals surface area contributed by atoms with Gasteiger partial charge < -0.3 is 10.4 Å². The summed E-state index contributed by atoms with van der Waals surface area (Å²) in [5, 5.41) is 21.5. The number of rotatable bonds is 3. The summed E-state index contributed by atoms with van der Waals surface area (Å²) in [6.45, 7) is 0.646. The van der Waals surface area contributed by atoms with E-state index >= 15 is 0 Å². The fourth-order valence-electron chi connectivity index (χ4n) is 2.01. The molecule has 0 aromatic carbocycles. The van der Waals surface area contributed by atoms with Crippen molar-refractivity contribution in [3.8, 4) is 6.07 Å². The minimum atomic E-state index is -0.224. The topological polar surface area (TPSA) is 68.9 Å². The molecule has 2 N–H and O–H groups in total. The van der Waals surface area contributed by atoms with Gasteiger partial charge in [-0.05, 0) is 31.4 Å². The third-order valence-electron chi connectivity index (χ3n) is 2.98. The second-order valence-electron chi connectivity index (χ2n) is 4.14. The highest BCUT2D eigenvalue weighted by Crippen LogP contribution is 2.18. The summed E-state index contributed by atoms with van der Waals surface area (Å²) < 4.78 is 0. The van der Waals surface area contributed by atoms with Gasteiger partial charge in [-0.2, -0.15) is 5.26 Å². The quantitative estimate of drug-likeness (QED) is 0.791. The number of hydrogen-bond acceptors (Lipinski definition) is 4. The monoisotopic (exact) mass is 217 g/mol. The first-order valence-electron chi connectivity index (χ1n) is 5.56. The van der Waals surface area contributed by atoms with E-state index in [9.17, 15) is 5.11 Å². The minimum Gasteiger partial charge on any atom is -0.392 e. The molecule has 2 rings (SSSR count). The van der Waals surface area contributed by atoms with Gasteiger partial charge in [0.25, 0.3) is 0 Å². The van der Waals surface area contributed by atoms with Crippen molar-refractivity contribution in [1.29, 1.82) is 5.26 Å². The summed E-state index contributed by atoms with van der Waals surface area (Å²) in [5.41, 5.74) is 1.47. The van der Waals surface area contributed by atoms with E-state index in [4.69, 9.17) is 5.26 Å². The summed E-state index contributed by atoms with van der Waals surface area (Å²) >= 11 is 0. The predicted octanol–water partition coefficient (Wildman–Crippen LogP) is 0.956. The third-order valence-corrected chi connectivity index (χ3v) is 2.98. The van der Waals surface area contributed by atoms with Crippen LogP contribution in [0.5, 0.6) is 0 Å². The van der Waals surface area contributed by atoms with Crippen molar-refractivity contribution in [3.05, 3.63) is 29.6 Å². The Balaban J connectivity index is 1.87. The summed E-state index contributed by atoms with van der Waals surface area (Å²) in [6.07, 6.45) is 4.34. The van der Waals surface area contributed by atoms with E-state index in [0.717, 1.165) is 25.0 Å². The van der Waals surface area contributed by atoms with Gasteiger partial charge >= 0.3 is 0 Å². The summed E-state index contributed by atoms with van der Waals surface area (Å²) in [5.74, 6) is 0. The lowest BCUT2D eigenvalue weighted by Crippen LogP contribution is -2.35. The average Bonchev–Trinajstić information content (AvgIpc) is 2.73. The van der Waals surface area contributed by atoms with E-state index in [1.807, 2.05) is 12.1 Å². The van der Waals surface area contributed by atoms with Gasteiger partial charge in [0.05, 0.1) is 17.4 Å². The molecular weight excluding hydrogens is 202 g/mol. The third kappa shape index (κ3) is 2.57. The van der Waals surface area contributed by atoms with Gasteiger partial charge in [0.15, 0.2) is 0 Å². The average molecular weight is 217 g/mol. The fraction of sp³-hybridized carbons (Fsp3) is 0.500. The van der Waals surface area contributed by atoms with Gasteiger partial charge in [-0.15, -0.1) is 0 Å². The number of nitrogens with zero attached hydrogens (tertiary/aromatic N) is 2. The zero-order valence-corrected chi connectivity index (χ0v) is 9.06. The van der Waals surface area contributed by atoms with Gasteiger partial charge in [0, 0.05) is 18.8 Å². The van der Waals surface area contributed by atoms with Crippen molar-refractivity contribution in [1.82, 2.24) is 10.3 Å². The number of hydrogen-bond donors (Lipinski definition) is 2. The number of aromatic nitrogens is 1. The van der Waals surface area contributed by atoms with Crippen LogP contribution in [0.4, 0.5) is 0 Å². The first-order valence-corrected chi connectivity index (χ1v) is 5.56. The zero-order chi connectivity index (χ0) is 11.4. The lowest BCUT2D eigenvalue weighted by atomic mass is 10.2. The lowest BCUT2D eigenvalue weighted by Gasteiger charge is -2.15. The normalized spacial score (nSPS) is 24.2. The highest BCUT2D eigenvalue weighted by molar-refractivity contribution is 5.26. The molecule has 0 bridgehead atoms. The second-order valence-corrected chi connectivity index (χ2v) is 4.14. The molecule has 4 nitrogen and oxygen atoms in total. The van der Waals surface area contributed by atoms with Crippen LogP contribution in [0.2, 0.25) is 0 Å². The number of nitrogens with one attached hydrogen (secondary N) is 1. The largest absolute Gasteiger partial charge is 0.392 e. The van der Waals surface area contributed by atoms with Crippen LogP contribution >= 0.6 is 0 Å². The first kappa shape index (κ1) is 11.1. The Labute approximate surface area is 94.9 Å². The maximum atomic E-state index is 9.62. The number of aliphatic hydroxyl groups excluding tert-OH is 1. The van der Waals surface area contributed by atoms with E-state index in [1.54, 1.807) is 12.3 Å². The predicted molar refractivity (Wildman–Crippen MR) is 59.4 cm³/mol. The molecule has 2 atom stereocenters. The molecule has 4 heteroatoms. The molecule has 1 aliphatic carbocycles. The van der Waals surface area contributed by atoms with E-state index in [-0.39, 0.29) is 12.1 Å². The molecule has 1 aliphatic rings. The first-order chi connectivity index (χ1) is 7.79. The Hall–Kier alpha value is -1.44. The molecule has 16 heavy (non-hydrogen) atoms. The maximum Gasteiger partial charge on any atom is 0.101 e. The zero-order valence-electron chi connectivity index (χ0n) is 9.06. The summed E-state index contributed by atoms with van der Waals surface area (Å²) in [7, 11) is 0. The van der Waals surface area contributed by atoms with Crippen molar-refractivity contribution in [2.24, 2.45) is 0 Å². The fourth-order valence-corrected chi connectivity index (χ4v) is 2.01. The van der Waals surface area contributed by atoms with Gasteiger partial charge in [0.1, 0.15) is 6.07 Å². The molecule has 0 saturated heterocycles. The van der Waals surface area contributed by atoms with Gasteiger partial charge in [-0.3, -0.25) is 4.98 Å². The molecule has 84 valence electrons. The molecule has 1 aromatic rings. The van der Waals surface area contributed by atoms with Gasteiger partial charge in [0.2, 0.25) is 0 Å². The van der Waals surface area contributed by atoms with Crippen LogP contribution in [0, 0.1) is 11.3 Å². The Morgan fingerprint density at radius 1 is 1.50 bits per heavy atom. The summed E-state index contributed by atoms with van der Waals surface area (Å²) in [4.78, 5) is 4.17. The molecule has 0 radical (unpaired) electrons. The van der Waals surface area contributed by atoms with Crippen LogP contribution < -0.4 is 5.32 Å². The maximum absolute atomic E-state index is 9.62. The van der Waals surface area contributed by atoms with E-state index in [0.29, 0.717) is 12.1 Å². The number of pyridine rings is 1. The highest BCUT2D eigenvalue weighted by atomic mass is 16.3. The summed E-state index contributed by atoms with van der Waals surface area (Å²) in [6, 6.07) is 5.83. The Morgan fingerprint density at radius 2 is 2.38 bits per heavy atom. The van der Waals surface area contributed by atoms with Crippen molar-refractivity contribution in [3.63, 3.8) is 0 Å². The molecule has 0 unspecified atom stereocenters. The van der Waals surface area contributed by atoms with Crippen LogP contribution in [0.1, 0.15) is 30.5 Å². The van der Waals surface area contributed by atoms with Crippen molar-refractivity contribution in [2.45, 2.75) is 38.0 Å². The Bertz CT molecular complexity index is 382. The Morgan fingerprint density at radius 3 is 2.94 bits per heavy atom. The van der Waals surface area contributed by atoms with Crippen LogP contribution in [-0.4, -0.2) is 22.2 Å². The number of nitriles is 1.